The minimum Gasteiger partial charge on any atom is -0.356 e. The van der Waals surface area contributed by atoms with Gasteiger partial charge in [-0.3, -0.25) is 9.59 Å². The predicted octanol–water partition coefficient (Wildman–Crippen LogP) is 3.00. The van der Waals surface area contributed by atoms with Gasteiger partial charge in [0.25, 0.3) is 0 Å². The first kappa shape index (κ1) is 19.6. The van der Waals surface area contributed by atoms with Crippen LogP contribution in [0.25, 0.3) is 0 Å². The van der Waals surface area contributed by atoms with Gasteiger partial charge in [-0.2, -0.15) is 0 Å². The molecule has 1 aliphatic carbocycles. The van der Waals surface area contributed by atoms with Crippen molar-refractivity contribution in [2.45, 2.75) is 50.3 Å². The van der Waals surface area contributed by atoms with Crippen LogP contribution in [-0.4, -0.2) is 32.9 Å². The fourth-order valence-electron chi connectivity index (χ4n) is 3.14. The van der Waals surface area contributed by atoms with Gasteiger partial charge in [0.2, 0.25) is 5.91 Å². The minimum absolute atomic E-state index is 0.0975. The number of rotatable bonds is 7. The molecule has 1 N–H and O–H groups in total. The van der Waals surface area contributed by atoms with E-state index in [2.05, 4.69) is 12.2 Å². The summed E-state index contributed by atoms with van der Waals surface area (Å²) in [6, 6.07) is 5.85. The molecule has 1 fully saturated rings. The molecule has 5 nitrogen and oxygen atoms in total. The van der Waals surface area contributed by atoms with Crippen molar-refractivity contribution in [1.82, 2.24) is 5.32 Å². The molecule has 2 rings (SSSR count). The van der Waals surface area contributed by atoms with E-state index in [9.17, 15) is 18.0 Å². The van der Waals surface area contributed by atoms with Gasteiger partial charge >= 0.3 is 0 Å². The summed E-state index contributed by atoms with van der Waals surface area (Å²) < 4.78 is 22.8. The van der Waals surface area contributed by atoms with Gasteiger partial charge in [0.05, 0.1) is 4.90 Å². The highest BCUT2D eigenvalue weighted by Gasteiger charge is 2.19. The van der Waals surface area contributed by atoms with E-state index in [1.54, 1.807) is 0 Å². The molecule has 0 spiro atoms. The molecule has 138 valence electrons. The quantitative estimate of drug-likeness (QED) is 0.753. The zero-order valence-corrected chi connectivity index (χ0v) is 15.8. The Morgan fingerprint density at radius 1 is 1.04 bits per heavy atom. The van der Waals surface area contributed by atoms with Crippen LogP contribution in [-0.2, 0) is 14.6 Å². The lowest BCUT2D eigenvalue weighted by Gasteiger charge is -2.26. The van der Waals surface area contributed by atoms with Gasteiger partial charge in [-0.1, -0.05) is 31.9 Å². The molecule has 0 unspecified atom stereocenters. The molecule has 0 saturated heterocycles. The number of hydrogen-bond donors (Lipinski definition) is 1. The monoisotopic (exact) mass is 365 g/mol. The van der Waals surface area contributed by atoms with E-state index in [0.717, 1.165) is 25.0 Å². The zero-order chi connectivity index (χ0) is 18.4. The Bertz CT molecular complexity index is 701. The van der Waals surface area contributed by atoms with E-state index in [1.165, 1.54) is 37.1 Å². The number of Topliss-reactive ketones (excluding diaryl/α,β-unsaturated/α-hetero) is 1. The number of amides is 1. The average molecular weight is 365 g/mol. The molecular formula is C19H27NO4S. The summed E-state index contributed by atoms with van der Waals surface area (Å²) >= 11 is 0. The topological polar surface area (TPSA) is 80.3 Å². The number of carbonyl (C=O) groups is 2. The Kier molecular flexibility index (Phi) is 6.76. The number of ketones is 1. The van der Waals surface area contributed by atoms with Crippen LogP contribution in [0, 0.1) is 11.8 Å². The number of sulfone groups is 1. The summed E-state index contributed by atoms with van der Waals surface area (Å²) in [6.45, 7) is 2.96. The van der Waals surface area contributed by atoms with Crippen molar-refractivity contribution in [2.24, 2.45) is 11.8 Å². The van der Waals surface area contributed by atoms with Crippen LogP contribution in [0.1, 0.15) is 55.8 Å². The second kappa shape index (κ2) is 8.61. The lowest BCUT2D eigenvalue weighted by molar-refractivity contribution is -0.121. The van der Waals surface area contributed by atoms with Crippen LogP contribution in [0.15, 0.2) is 29.2 Å². The van der Waals surface area contributed by atoms with Crippen molar-refractivity contribution >= 4 is 21.5 Å². The first-order chi connectivity index (χ1) is 11.8. The number of carbonyl (C=O) groups excluding carboxylic acids is 2. The smallest absolute Gasteiger partial charge is 0.220 e. The molecule has 1 saturated carbocycles. The lowest BCUT2D eigenvalue weighted by atomic mass is 9.83. The molecule has 0 bridgehead atoms. The molecule has 1 amide bonds. The van der Waals surface area contributed by atoms with Crippen LogP contribution in [0.5, 0.6) is 0 Å². The highest BCUT2D eigenvalue weighted by atomic mass is 32.2. The average Bonchev–Trinajstić information content (AvgIpc) is 2.58. The normalized spacial score (nSPS) is 20.9. The molecule has 6 heteroatoms. The van der Waals surface area contributed by atoms with Gasteiger partial charge in [-0.05, 0) is 36.8 Å². The van der Waals surface area contributed by atoms with E-state index in [4.69, 9.17) is 0 Å². The van der Waals surface area contributed by atoms with Crippen molar-refractivity contribution in [3.63, 3.8) is 0 Å². The maximum absolute atomic E-state index is 12.1. The van der Waals surface area contributed by atoms with E-state index in [1.807, 2.05) is 0 Å². The van der Waals surface area contributed by atoms with Crippen LogP contribution in [0.2, 0.25) is 0 Å². The van der Waals surface area contributed by atoms with Gasteiger partial charge in [0, 0.05) is 31.2 Å². The molecule has 1 aliphatic rings. The van der Waals surface area contributed by atoms with Crippen LogP contribution in [0.3, 0.4) is 0 Å². The number of hydrogen-bond acceptors (Lipinski definition) is 4. The summed E-state index contributed by atoms with van der Waals surface area (Å²) in [6.07, 6.45) is 6.19. The second-order valence-electron chi connectivity index (χ2n) is 7.15. The summed E-state index contributed by atoms with van der Waals surface area (Å²) in [5.41, 5.74) is 0.432. The molecule has 0 radical (unpaired) electrons. The molecule has 0 aliphatic heterocycles. The largest absolute Gasteiger partial charge is 0.356 e. The molecular weight excluding hydrogens is 338 g/mol. The molecule has 1 aromatic carbocycles. The Labute approximate surface area is 150 Å². The third kappa shape index (κ3) is 6.27. The van der Waals surface area contributed by atoms with Crippen molar-refractivity contribution in [3.8, 4) is 0 Å². The first-order valence-corrected chi connectivity index (χ1v) is 10.7. The van der Waals surface area contributed by atoms with Crippen molar-refractivity contribution in [1.29, 1.82) is 0 Å². The standard InChI is InChI=1S/C19H27NO4S/c1-14-3-5-15(6-4-14)13-20-19(22)12-11-18(21)16-7-9-17(10-8-16)25(2,23)24/h7-10,14-15H,3-6,11-13H2,1-2H3,(H,20,22). The van der Waals surface area contributed by atoms with Gasteiger partial charge in [0.1, 0.15) is 0 Å². The second-order valence-corrected chi connectivity index (χ2v) is 9.17. The molecule has 0 aromatic heterocycles. The van der Waals surface area contributed by atoms with Crippen LogP contribution >= 0.6 is 0 Å². The van der Waals surface area contributed by atoms with E-state index in [-0.39, 0.29) is 29.4 Å². The van der Waals surface area contributed by atoms with E-state index < -0.39 is 9.84 Å². The van der Waals surface area contributed by atoms with Gasteiger partial charge in [-0.15, -0.1) is 0 Å². The van der Waals surface area contributed by atoms with Gasteiger partial charge < -0.3 is 5.32 Å². The fourth-order valence-corrected chi connectivity index (χ4v) is 3.77. The Morgan fingerprint density at radius 3 is 2.20 bits per heavy atom. The van der Waals surface area contributed by atoms with Crippen LogP contribution < -0.4 is 5.32 Å². The maximum atomic E-state index is 12.1. The molecule has 25 heavy (non-hydrogen) atoms. The Hall–Kier alpha value is -1.69. The number of benzene rings is 1. The summed E-state index contributed by atoms with van der Waals surface area (Å²) in [4.78, 5) is 24.2. The van der Waals surface area contributed by atoms with Gasteiger partial charge in [0.15, 0.2) is 15.6 Å². The van der Waals surface area contributed by atoms with Crippen molar-refractivity contribution in [3.05, 3.63) is 29.8 Å². The Balaban J connectivity index is 1.74. The third-order valence-corrected chi connectivity index (χ3v) is 6.04. The van der Waals surface area contributed by atoms with Crippen molar-refractivity contribution in [2.75, 3.05) is 12.8 Å². The van der Waals surface area contributed by atoms with E-state index >= 15 is 0 Å². The number of nitrogens with one attached hydrogen (secondary N) is 1. The van der Waals surface area contributed by atoms with Gasteiger partial charge in [-0.25, -0.2) is 8.42 Å². The van der Waals surface area contributed by atoms with Crippen molar-refractivity contribution < 1.29 is 18.0 Å². The summed E-state index contributed by atoms with van der Waals surface area (Å²) in [7, 11) is -3.27. The zero-order valence-electron chi connectivity index (χ0n) is 15.0. The highest BCUT2D eigenvalue weighted by molar-refractivity contribution is 7.90. The highest BCUT2D eigenvalue weighted by Crippen LogP contribution is 2.27. The molecule has 0 atom stereocenters. The fraction of sp³-hybridized carbons (Fsp3) is 0.579. The minimum atomic E-state index is -3.27. The third-order valence-electron chi connectivity index (χ3n) is 4.91. The predicted molar refractivity (Wildman–Crippen MR) is 97.2 cm³/mol. The molecule has 0 heterocycles. The SMILES string of the molecule is CC1CCC(CNC(=O)CCC(=O)c2ccc(S(C)(=O)=O)cc2)CC1. The maximum Gasteiger partial charge on any atom is 0.220 e. The summed E-state index contributed by atoms with van der Waals surface area (Å²) in [5, 5.41) is 2.93. The first-order valence-electron chi connectivity index (χ1n) is 8.85. The summed E-state index contributed by atoms with van der Waals surface area (Å²) in [5.74, 6) is 1.10. The Morgan fingerprint density at radius 2 is 1.64 bits per heavy atom. The van der Waals surface area contributed by atoms with Crippen LogP contribution in [0.4, 0.5) is 0 Å². The van der Waals surface area contributed by atoms with E-state index in [0.29, 0.717) is 18.0 Å². The lowest BCUT2D eigenvalue weighted by Crippen LogP contribution is -2.31. The molecule has 1 aromatic rings.